The van der Waals surface area contributed by atoms with Gasteiger partial charge in [-0.3, -0.25) is 14.5 Å². The molecule has 0 aromatic rings. The molecule has 0 spiro atoms. The fraction of sp³-hybridized carbons (Fsp3) is 0.857. The monoisotopic (exact) mass is 268 g/mol. The van der Waals surface area contributed by atoms with Gasteiger partial charge in [-0.05, 0) is 26.3 Å². The minimum atomic E-state index is -0.271. The molecule has 5 nitrogen and oxygen atoms in total. The van der Waals surface area contributed by atoms with Crippen LogP contribution in [-0.2, 0) is 14.3 Å². The van der Waals surface area contributed by atoms with Gasteiger partial charge in [-0.1, -0.05) is 6.42 Å². The zero-order valence-corrected chi connectivity index (χ0v) is 11.8. The third kappa shape index (κ3) is 3.93. The summed E-state index contributed by atoms with van der Waals surface area (Å²) < 4.78 is 4.85. The normalized spacial score (nSPS) is 23.8. The van der Waals surface area contributed by atoms with Crippen molar-refractivity contribution in [3.8, 4) is 0 Å². The van der Waals surface area contributed by atoms with Gasteiger partial charge in [-0.25, -0.2) is 0 Å². The van der Waals surface area contributed by atoms with Crippen molar-refractivity contribution in [1.29, 1.82) is 0 Å². The lowest BCUT2D eigenvalue weighted by Crippen LogP contribution is -2.56. The Balaban J connectivity index is 1.75. The van der Waals surface area contributed by atoms with Gasteiger partial charge in [-0.15, -0.1) is 0 Å². The van der Waals surface area contributed by atoms with Crippen LogP contribution in [0.15, 0.2) is 0 Å². The first-order valence-electron chi connectivity index (χ1n) is 7.38. The second-order valence-corrected chi connectivity index (χ2v) is 5.33. The highest BCUT2D eigenvalue weighted by Gasteiger charge is 2.30. The first-order valence-corrected chi connectivity index (χ1v) is 7.38. The van der Waals surface area contributed by atoms with Gasteiger partial charge in [0.25, 0.3) is 0 Å². The van der Waals surface area contributed by atoms with Gasteiger partial charge in [0.1, 0.15) is 0 Å². The number of piperazine rings is 1. The van der Waals surface area contributed by atoms with E-state index in [0.717, 1.165) is 19.6 Å². The van der Waals surface area contributed by atoms with Crippen LogP contribution in [0.4, 0.5) is 0 Å². The summed E-state index contributed by atoms with van der Waals surface area (Å²) >= 11 is 0. The van der Waals surface area contributed by atoms with Crippen molar-refractivity contribution in [2.45, 2.75) is 45.1 Å². The van der Waals surface area contributed by atoms with Gasteiger partial charge >= 0.3 is 5.97 Å². The molecule has 0 bridgehead atoms. The van der Waals surface area contributed by atoms with E-state index in [9.17, 15) is 9.59 Å². The van der Waals surface area contributed by atoms with Crippen molar-refractivity contribution >= 4 is 11.9 Å². The summed E-state index contributed by atoms with van der Waals surface area (Å²) in [7, 11) is 0. The Labute approximate surface area is 114 Å². The van der Waals surface area contributed by atoms with Crippen LogP contribution in [0.25, 0.3) is 0 Å². The third-order valence-corrected chi connectivity index (χ3v) is 4.04. The summed E-state index contributed by atoms with van der Waals surface area (Å²) in [6.45, 7) is 5.96. The highest BCUT2D eigenvalue weighted by Crippen LogP contribution is 2.21. The maximum absolute atomic E-state index is 12.1. The number of rotatable bonds is 4. The van der Waals surface area contributed by atoms with Gasteiger partial charge in [-0.2, -0.15) is 0 Å². The first kappa shape index (κ1) is 14.3. The van der Waals surface area contributed by atoms with Gasteiger partial charge in [0.15, 0.2) is 0 Å². The molecule has 0 N–H and O–H groups in total. The predicted octanol–water partition coefficient (Wildman–Crippen LogP) is 1.03. The summed E-state index contributed by atoms with van der Waals surface area (Å²) in [5, 5.41) is 0. The van der Waals surface area contributed by atoms with Crippen molar-refractivity contribution in [1.82, 2.24) is 9.80 Å². The number of piperidine rings is 1. The Morgan fingerprint density at radius 3 is 2.79 bits per heavy atom. The van der Waals surface area contributed by atoms with Gasteiger partial charge in [0, 0.05) is 32.1 Å². The van der Waals surface area contributed by atoms with Crippen molar-refractivity contribution in [2.75, 3.05) is 32.8 Å². The van der Waals surface area contributed by atoms with Crippen LogP contribution in [0.3, 0.4) is 0 Å². The number of ether oxygens (including phenoxy) is 1. The lowest BCUT2D eigenvalue weighted by molar-refractivity contribution is -0.146. The summed E-state index contributed by atoms with van der Waals surface area (Å²) in [5.41, 5.74) is 0. The van der Waals surface area contributed by atoms with E-state index in [0.29, 0.717) is 12.6 Å². The van der Waals surface area contributed by atoms with Gasteiger partial charge in [0.2, 0.25) is 5.91 Å². The lowest BCUT2D eigenvalue weighted by Gasteiger charge is -2.44. The highest BCUT2D eigenvalue weighted by atomic mass is 16.5. The van der Waals surface area contributed by atoms with E-state index < -0.39 is 0 Å². The van der Waals surface area contributed by atoms with Crippen LogP contribution < -0.4 is 0 Å². The number of nitrogens with zero attached hydrogens (tertiary/aromatic N) is 2. The van der Waals surface area contributed by atoms with Crippen LogP contribution in [-0.4, -0.2) is 60.5 Å². The third-order valence-electron chi connectivity index (χ3n) is 4.04. The van der Waals surface area contributed by atoms with Crippen molar-refractivity contribution in [3.63, 3.8) is 0 Å². The highest BCUT2D eigenvalue weighted by molar-refractivity contribution is 5.81. The van der Waals surface area contributed by atoms with E-state index in [2.05, 4.69) is 4.90 Å². The smallest absolute Gasteiger partial charge is 0.306 e. The molecule has 0 radical (unpaired) electrons. The molecule has 1 unspecified atom stereocenters. The first-order chi connectivity index (χ1) is 9.20. The SMILES string of the molecule is CCOC(=O)CCC(=O)N1CCN2CCCCC2C1. The Morgan fingerprint density at radius 1 is 1.16 bits per heavy atom. The van der Waals surface area contributed by atoms with E-state index in [4.69, 9.17) is 4.74 Å². The molecule has 0 aromatic carbocycles. The number of amides is 1. The van der Waals surface area contributed by atoms with E-state index in [1.807, 2.05) is 4.90 Å². The van der Waals surface area contributed by atoms with Crippen LogP contribution in [0.1, 0.15) is 39.0 Å². The zero-order valence-electron chi connectivity index (χ0n) is 11.8. The molecule has 0 saturated carbocycles. The van der Waals surface area contributed by atoms with Crippen LogP contribution >= 0.6 is 0 Å². The Morgan fingerprint density at radius 2 is 2.00 bits per heavy atom. The molecule has 19 heavy (non-hydrogen) atoms. The van der Waals surface area contributed by atoms with Crippen molar-refractivity contribution in [2.24, 2.45) is 0 Å². The molecule has 2 fully saturated rings. The zero-order chi connectivity index (χ0) is 13.7. The summed E-state index contributed by atoms with van der Waals surface area (Å²) in [4.78, 5) is 27.8. The fourth-order valence-corrected chi connectivity index (χ4v) is 2.98. The molecule has 5 heteroatoms. The minimum absolute atomic E-state index is 0.0956. The Bertz CT molecular complexity index is 333. The topological polar surface area (TPSA) is 49.9 Å². The molecule has 0 aliphatic carbocycles. The number of hydrogen-bond acceptors (Lipinski definition) is 4. The molecule has 1 atom stereocenters. The van der Waals surface area contributed by atoms with E-state index in [1.54, 1.807) is 6.92 Å². The molecular weight excluding hydrogens is 244 g/mol. The summed E-state index contributed by atoms with van der Waals surface area (Å²) in [6.07, 6.45) is 4.24. The molecule has 2 heterocycles. The van der Waals surface area contributed by atoms with Gasteiger partial charge < -0.3 is 9.64 Å². The maximum Gasteiger partial charge on any atom is 0.306 e. The van der Waals surface area contributed by atoms with Gasteiger partial charge in [0.05, 0.1) is 13.0 Å². The molecule has 1 amide bonds. The Hall–Kier alpha value is -1.10. The quantitative estimate of drug-likeness (QED) is 0.715. The average molecular weight is 268 g/mol. The Kier molecular flexibility index (Phi) is 5.19. The second-order valence-electron chi connectivity index (χ2n) is 5.33. The van der Waals surface area contributed by atoms with Crippen LogP contribution in [0.5, 0.6) is 0 Å². The number of fused-ring (bicyclic) bond motifs is 1. The molecular formula is C14H24N2O3. The largest absolute Gasteiger partial charge is 0.466 e. The van der Waals surface area contributed by atoms with Crippen LogP contribution in [0.2, 0.25) is 0 Å². The van der Waals surface area contributed by atoms with E-state index >= 15 is 0 Å². The minimum Gasteiger partial charge on any atom is -0.466 e. The molecule has 0 aromatic heterocycles. The maximum atomic E-state index is 12.1. The van der Waals surface area contributed by atoms with Crippen LogP contribution in [0, 0.1) is 0 Å². The lowest BCUT2D eigenvalue weighted by atomic mass is 9.99. The van der Waals surface area contributed by atoms with Crippen molar-refractivity contribution < 1.29 is 14.3 Å². The fourth-order valence-electron chi connectivity index (χ4n) is 2.98. The molecule has 108 valence electrons. The van der Waals surface area contributed by atoms with E-state index in [-0.39, 0.29) is 24.7 Å². The summed E-state index contributed by atoms with van der Waals surface area (Å²) in [6, 6.07) is 0.536. The van der Waals surface area contributed by atoms with E-state index in [1.165, 1.54) is 25.8 Å². The molecule has 2 saturated heterocycles. The van der Waals surface area contributed by atoms with Crippen molar-refractivity contribution in [3.05, 3.63) is 0 Å². The number of hydrogen-bond donors (Lipinski definition) is 0. The number of carbonyl (C=O) groups is 2. The average Bonchev–Trinajstić information content (AvgIpc) is 2.44. The second kappa shape index (κ2) is 6.89. The molecule has 2 aliphatic rings. The number of carbonyl (C=O) groups excluding carboxylic acids is 2. The molecule has 2 rings (SSSR count). The number of esters is 1. The standard InChI is InChI=1S/C14H24N2O3/c1-2-19-14(18)7-6-13(17)16-10-9-15-8-4-3-5-12(15)11-16/h12H,2-11H2,1H3. The molecule has 2 aliphatic heterocycles. The predicted molar refractivity (Wildman–Crippen MR) is 71.7 cm³/mol. The summed E-state index contributed by atoms with van der Waals surface area (Å²) in [5.74, 6) is -0.176.